The number of para-hydroxylation sites is 4. The average molecular weight is 653 g/mol. The molecule has 0 saturated heterocycles. The van der Waals surface area contributed by atoms with Crippen molar-refractivity contribution in [2.45, 2.75) is 0 Å². The van der Waals surface area contributed by atoms with Crippen molar-refractivity contribution in [3.05, 3.63) is 170 Å². The summed E-state index contributed by atoms with van der Waals surface area (Å²) in [6, 6.07) is 59.6. The summed E-state index contributed by atoms with van der Waals surface area (Å²) in [5, 5.41) is 5.72. The Kier molecular flexibility index (Phi) is 5.89. The number of rotatable bonds is 4. The van der Waals surface area contributed by atoms with Crippen LogP contribution in [0.1, 0.15) is 0 Å². The zero-order valence-electron chi connectivity index (χ0n) is 27.4. The fourth-order valence-corrected chi connectivity index (χ4v) is 7.87. The standard InChI is InChI=1S/C46H28N4O/c1-2-13-29(14-3-1)30-25-26-41-37(28-30)35-19-6-10-23-40(35)50(41)46-47-43(45-44(48-46)36-20-7-11-24-42(36)51-45)31-15-12-16-32(27-31)49-38-21-8-4-17-33(38)34-18-5-9-22-39(34)49/h1-28H. The van der Waals surface area contributed by atoms with Gasteiger partial charge in [-0.25, -0.2) is 9.97 Å². The van der Waals surface area contributed by atoms with E-state index in [1.807, 2.05) is 18.2 Å². The molecule has 0 unspecified atom stereocenters. The molecule has 4 heterocycles. The number of aromatic nitrogens is 4. The quantitative estimate of drug-likeness (QED) is 0.190. The third kappa shape index (κ3) is 4.15. The molecule has 0 aliphatic rings. The number of hydrogen-bond donors (Lipinski definition) is 0. The maximum Gasteiger partial charge on any atom is 0.236 e. The molecule has 0 spiro atoms. The molecule has 5 heteroatoms. The predicted octanol–water partition coefficient (Wildman–Crippen LogP) is 11.9. The number of nitrogens with zero attached hydrogens (tertiary/aromatic N) is 4. The van der Waals surface area contributed by atoms with E-state index in [9.17, 15) is 0 Å². The van der Waals surface area contributed by atoms with E-state index >= 15 is 0 Å². The van der Waals surface area contributed by atoms with E-state index in [-0.39, 0.29) is 0 Å². The van der Waals surface area contributed by atoms with Crippen LogP contribution in [0.4, 0.5) is 0 Å². The second-order valence-corrected chi connectivity index (χ2v) is 13.0. The molecule has 4 aromatic heterocycles. The Morgan fingerprint density at radius 2 is 0.980 bits per heavy atom. The molecule has 0 aliphatic heterocycles. The topological polar surface area (TPSA) is 48.8 Å². The second-order valence-electron chi connectivity index (χ2n) is 13.0. The van der Waals surface area contributed by atoms with Crippen LogP contribution in [0.3, 0.4) is 0 Å². The molecule has 0 aliphatic carbocycles. The zero-order valence-corrected chi connectivity index (χ0v) is 27.4. The van der Waals surface area contributed by atoms with Gasteiger partial charge in [-0.05, 0) is 65.7 Å². The van der Waals surface area contributed by atoms with Gasteiger partial charge in [0.1, 0.15) is 16.8 Å². The van der Waals surface area contributed by atoms with Crippen LogP contribution in [0.2, 0.25) is 0 Å². The van der Waals surface area contributed by atoms with Gasteiger partial charge in [0.25, 0.3) is 0 Å². The van der Waals surface area contributed by atoms with Gasteiger partial charge in [-0.15, -0.1) is 0 Å². The largest absolute Gasteiger partial charge is 0.452 e. The molecular formula is C46H28N4O. The van der Waals surface area contributed by atoms with Crippen molar-refractivity contribution >= 4 is 65.7 Å². The molecule has 0 radical (unpaired) electrons. The normalized spacial score (nSPS) is 11.9. The number of fused-ring (bicyclic) bond motifs is 9. The van der Waals surface area contributed by atoms with E-state index in [1.54, 1.807) is 0 Å². The molecule has 0 N–H and O–H groups in total. The first kappa shape index (κ1) is 27.9. The molecule has 0 amide bonds. The summed E-state index contributed by atoms with van der Waals surface area (Å²) in [5.74, 6) is 0.602. The Morgan fingerprint density at radius 1 is 0.392 bits per heavy atom. The fourth-order valence-electron chi connectivity index (χ4n) is 7.87. The maximum atomic E-state index is 6.58. The Hall–Kier alpha value is -6.98. The van der Waals surface area contributed by atoms with Crippen molar-refractivity contribution in [3.63, 3.8) is 0 Å². The van der Waals surface area contributed by atoms with Gasteiger partial charge in [0.05, 0.1) is 22.1 Å². The molecular weight excluding hydrogens is 625 g/mol. The number of hydrogen-bond acceptors (Lipinski definition) is 3. The van der Waals surface area contributed by atoms with Crippen molar-refractivity contribution < 1.29 is 4.42 Å². The van der Waals surface area contributed by atoms with Crippen LogP contribution in [0.15, 0.2) is 174 Å². The lowest BCUT2D eigenvalue weighted by atomic mass is 10.0. The van der Waals surface area contributed by atoms with E-state index in [1.165, 1.54) is 21.9 Å². The minimum atomic E-state index is 0.602. The van der Waals surface area contributed by atoms with Crippen LogP contribution >= 0.6 is 0 Å². The fraction of sp³-hybridized carbons (Fsp3) is 0. The lowest BCUT2D eigenvalue weighted by molar-refractivity contribution is 0.666. The van der Waals surface area contributed by atoms with Gasteiger partial charge in [0, 0.05) is 38.2 Å². The molecule has 7 aromatic carbocycles. The van der Waals surface area contributed by atoms with Gasteiger partial charge in [0.15, 0.2) is 5.58 Å². The van der Waals surface area contributed by atoms with Gasteiger partial charge in [0.2, 0.25) is 5.95 Å². The Morgan fingerprint density at radius 3 is 1.73 bits per heavy atom. The van der Waals surface area contributed by atoms with Gasteiger partial charge < -0.3 is 8.98 Å². The first-order valence-corrected chi connectivity index (χ1v) is 17.2. The average Bonchev–Trinajstić information content (AvgIpc) is 3.85. The van der Waals surface area contributed by atoms with E-state index in [2.05, 4.69) is 161 Å². The summed E-state index contributed by atoms with van der Waals surface area (Å²) in [6.07, 6.45) is 0. The summed E-state index contributed by atoms with van der Waals surface area (Å²) in [6.45, 7) is 0. The Labute approximate surface area is 292 Å². The minimum absolute atomic E-state index is 0.602. The highest BCUT2D eigenvalue weighted by molar-refractivity contribution is 6.12. The molecule has 51 heavy (non-hydrogen) atoms. The maximum absolute atomic E-state index is 6.58. The van der Waals surface area contributed by atoms with Crippen LogP contribution in [-0.4, -0.2) is 19.1 Å². The van der Waals surface area contributed by atoms with Gasteiger partial charge in [-0.1, -0.05) is 115 Å². The molecule has 238 valence electrons. The second kappa shape index (κ2) is 10.8. The van der Waals surface area contributed by atoms with Crippen LogP contribution < -0.4 is 0 Å². The summed E-state index contributed by atoms with van der Waals surface area (Å²) < 4.78 is 11.1. The van der Waals surface area contributed by atoms with Crippen molar-refractivity contribution in [2.75, 3.05) is 0 Å². The highest BCUT2D eigenvalue weighted by atomic mass is 16.3. The smallest absolute Gasteiger partial charge is 0.236 e. The van der Waals surface area contributed by atoms with E-state index in [0.717, 1.165) is 66.3 Å². The van der Waals surface area contributed by atoms with Crippen LogP contribution in [0.5, 0.6) is 0 Å². The molecule has 0 saturated carbocycles. The van der Waals surface area contributed by atoms with Gasteiger partial charge in [-0.3, -0.25) is 4.57 Å². The van der Waals surface area contributed by atoms with E-state index in [0.29, 0.717) is 11.5 Å². The highest BCUT2D eigenvalue weighted by Crippen LogP contribution is 2.39. The highest BCUT2D eigenvalue weighted by Gasteiger charge is 2.22. The van der Waals surface area contributed by atoms with Crippen molar-refractivity contribution in [3.8, 4) is 34.0 Å². The number of benzene rings is 7. The summed E-state index contributed by atoms with van der Waals surface area (Å²) in [4.78, 5) is 10.7. The minimum Gasteiger partial charge on any atom is -0.452 e. The summed E-state index contributed by atoms with van der Waals surface area (Å²) >= 11 is 0. The third-order valence-electron chi connectivity index (χ3n) is 10.1. The first-order valence-electron chi connectivity index (χ1n) is 17.2. The van der Waals surface area contributed by atoms with Crippen molar-refractivity contribution in [1.29, 1.82) is 0 Å². The lowest BCUT2D eigenvalue weighted by Gasteiger charge is -2.12. The monoisotopic (exact) mass is 652 g/mol. The van der Waals surface area contributed by atoms with Gasteiger partial charge >= 0.3 is 0 Å². The summed E-state index contributed by atoms with van der Waals surface area (Å²) in [5.41, 5.74) is 11.8. The van der Waals surface area contributed by atoms with Gasteiger partial charge in [-0.2, -0.15) is 0 Å². The lowest BCUT2D eigenvalue weighted by Crippen LogP contribution is -2.03. The predicted molar refractivity (Wildman–Crippen MR) is 209 cm³/mol. The first-order chi connectivity index (χ1) is 25.3. The van der Waals surface area contributed by atoms with Crippen LogP contribution in [0.25, 0.3) is 99.7 Å². The Balaban J connectivity index is 1.19. The zero-order chi connectivity index (χ0) is 33.5. The molecule has 11 aromatic rings. The van der Waals surface area contributed by atoms with Crippen molar-refractivity contribution in [2.24, 2.45) is 0 Å². The SMILES string of the molecule is c1ccc(-c2ccc3c(c2)c2ccccc2n3-c2nc(-c3cccc(-n4c5ccccc5c5ccccc54)c3)c3oc4ccccc4c3n2)cc1. The van der Waals surface area contributed by atoms with Crippen LogP contribution in [-0.2, 0) is 0 Å². The van der Waals surface area contributed by atoms with Crippen molar-refractivity contribution in [1.82, 2.24) is 19.1 Å². The molecule has 5 nitrogen and oxygen atoms in total. The third-order valence-corrected chi connectivity index (χ3v) is 10.1. The molecule has 0 atom stereocenters. The van der Waals surface area contributed by atoms with E-state index in [4.69, 9.17) is 14.4 Å². The van der Waals surface area contributed by atoms with Crippen LogP contribution in [0, 0.1) is 0 Å². The summed E-state index contributed by atoms with van der Waals surface area (Å²) in [7, 11) is 0. The molecule has 0 bridgehead atoms. The Bertz CT molecular complexity index is 3090. The number of furan rings is 1. The molecule has 0 fully saturated rings. The van der Waals surface area contributed by atoms with E-state index < -0.39 is 0 Å². The molecule has 11 rings (SSSR count).